The standard InChI is InChI=1S/C12H22O5/c1-4-5-9(14)17-12-10(15)8(6-13)16-11(12)7(2)3/h7-8,10-13,15H,4-6H2,1-3H3/t8-,10+,11?,12-/m1/s1. The molecule has 0 saturated carbocycles. The monoisotopic (exact) mass is 246 g/mol. The van der Waals surface area contributed by atoms with E-state index in [4.69, 9.17) is 14.6 Å². The van der Waals surface area contributed by atoms with Crippen molar-refractivity contribution in [2.24, 2.45) is 5.92 Å². The molecule has 4 atom stereocenters. The van der Waals surface area contributed by atoms with Gasteiger partial charge in [0.1, 0.15) is 18.3 Å². The van der Waals surface area contributed by atoms with E-state index >= 15 is 0 Å². The fraction of sp³-hybridized carbons (Fsp3) is 0.917. The molecule has 1 rings (SSSR count). The van der Waals surface area contributed by atoms with Crippen molar-refractivity contribution >= 4 is 5.97 Å². The van der Waals surface area contributed by atoms with Gasteiger partial charge in [0.05, 0.1) is 6.61 Å². The predicted molar refractivity (Wildman–Crippen MR) is 61.4 cm³/mol. The third kappa shape index (κ3) is 3.40. The van der Waals surface area contributed by atoms with Crippen LogP contribution in [0.4, 0.5) is 0 Å². The molecule has 5 heteroatoms. The molecule has 0 aromatic carbocycles. The zero-order valence-corrected chi connectivity index (χ0v) is 10.6. The summed E-state index contributed by atoms with van der Waals surface area (Å²) < 4.78 is 10.7. The number of carbonyl (C=O) groups excluding carboxylic acids is 1. The van der Waals surface area contributed by atoms with Crippen LogP contribution in [0.15, 0.2) is 0 Å². The Bertz CT molecular complexity index is 253. The van der Waals surface area contributed by atoms with Crippen LogP contribution in [0, 0.1) is 5.92 Å². The average Bonchev–Trinajstić information content (AvgIpc) is 2.57. The number of esters is 1. The van der Waals surface area contributed by atoms with Gasteiger partial charge in [0, 0.05) is 6.42 Å². The Hall–Kier alpha value is -0.650. The van der Waals surface area contributed by atoms with Crippen LogP contribution in [0.3, 0.4) is 0 Å². The van der Waals surface area contributed by atoms with E-state index in [2.05, 4.69) is 0 Å². The van der Waals surface area contributed by atoms with E-state index in [0.717, 1.165) is 0 Å². The van der Waals surface area contributed by atoms with E-state index < -0.39 is 18.3 Å². The summed E-state index contributed by atoms with van der Waals surface area (Å²) in [5.74, 6) is -0.218. The summed E-state index contributed by atoms with van der Waals surface area (Å²) >= 11 is 0. The first-order valence-corrected chi connectivity index (χ1v) is 6.15. The van der Waals surface area contributed by atoms with E-state index in [0.29, 0.717) is 12.8 Å². The highest BCUT2D eigenvalue weighted by atomic mass is 16.6. The quantitative estimate of drug-likeness (QED) is 0.690. The van der Waals surface area contributed by atoms with Gasteiger partial charge >= 0.3 is 5.97 Å². The normalized spacial score (nSPS) is 33.1. The first-order chi connectivity index (χ1) is 8.01. The summed E-state index contributed by atoms with van der Waals surface area (Å²) in [6.07, 6.45) is -1.61. The summed E-state index contributed by atoms with van der Waals surface area (Å²) in [5, 5.41) is 19.0. The van der Waals surface area contributed by atoms with Crippen LogP contribution in [-0.4, -0.2) is 47.2 Å². The van der Waals surface area contributed by atoms with E-state index in [1.54, 1.807) is 0 Å². The number of hydrogen-bond donors (Lipinski definition) is 2. The van der Waals surface area contributed by atoms with Gasteiger partial charge < -0.3 is 19.7 Å². The summed E-state index contributed by atoms with van der Waals surface area (Å²) in [7, 11) is 0. The van der Waals surface area contributed by atoms with Crippen LogP contribution in [0.2, 0.25) is 0 Å². The van der Waals surface area contributed by atoms with Crippen LogP contribution < -0.4 is 0 Å². The maximum atomic E-state index is 11.5. The van der Waals surface area contributed by atoms with E-state index in [-0.39, 0.29) is 24.6 Å². The van der Waals surface area contributed by atoms with Gasteiger partial charge in [-0.05, 0) is 12.3 Å². The molecule has 17 heavy (non-hydrogen) atoms. The number of ether oxygens (including phenoxy) is 2. The predicted octanol–water partition coefficient (Wildman–Crippen LogP) is 0.475. The maximum absolute atomic E-state index is 11.5. The molecule has 1 aliphatic rings. The van der Waals surface area contributed by atoms with Gasteiger partial charge in [-0.15, -0.1) is 0 Å². The summed E-state index contributed by atoms with van der Waals surface area (Å²) in [6, 6.07) is 0. The molecule has 1 heterocycles. The summed E-state index contributed by atoms with van der Waals surface area (Å²) in [5.41, 5.74) is 0. The third-order valence-electron chi connectivity index (χ3n) is 2.93. The van der Waals surface area contributed by atoms with Crippen molar-refractivity contribution in [2.75, 3.05) is 6.61 Å². The molecule has 0 bridgehead atoms. The second kappa shape index (κ2) is 6.33. The van der Waals surface area contributed by atoms with Crippen LogP contribution in [0.5, 0.6) is 0 Å². The highest BCUT2D eigenvalue weighted by Crippen LogP contribution is 2.29. The molecule has 1 unspecified atom stereocenters. The van der Waals surface area contributed by atoms with Crippen molar-refractivity contribution in [3.05, 3.63) is 0 Å². The number of rotatable bonds is 5. The van der Waals surface area contributed by atoms with Gasteiger partial charge in [-0.25, -0.2) is 0 Å². The number of carbonyl (C=O) groups is 1. The molecule has 1 fully saturated rings. The number of hydrogen-bond acceptors (Lipinski definition) is 5. The maximum Gasteiger partial charge on any atom is 0.306 e. The topological polar surface area (TPSA) is 76.0 Å². The minimum atomic E-state index is -0.951. The molecule has 0 aromatic rings. The second-order valence-corrected chi connectivity index (χ2v) is 4.76. The lowest BCUT2D eigenvalue weighted by Crippen LogP contribution is -2.39. The second-order valence-electron chi connectivity index (χ2n) is 4.76. The van der Waals surface area contributed by atoms with Gasteiger partial charge in [-0.2, -0.15) is 0 Å². The Kier molecular flexibility index (Phi) is 5.36. The summed E-state index contributed by atoms with van der Waals surface area (Å²) in [4.78, 5) is 11.5. The number of aliphatic hydroxyl groups is 2. The van der Waals surface area contributed by atoms with Gasteiger partial charge in [0.2, 0.25) is 0 Å². The fourth-order valence-corrected chi connectivity index (χ4v) is 2.00. The van der Waals surface area contributed by atoms with Crippen LogP contribution in [-0.2, 0) is 14.3 Å². The molecule has 2 N–H and O–H groups in total. The Balaban J connectivity index is 2.67. The molecule has 0 aromatic heterocycles. The van der Waals surface area contributed by atoms with E-state index in [1.807, 2.05) is 20.8 Å². The minimum Gasteiger partial charge on any atom is -0.457 e. The van der Waals surface area contributed by atoms with Crippen molar-refractivity contribution in [3.63, 3.8) is 0 Å². The molecule has 0 radical (unpaired) electrons. The highest BCUT2D eigenvalue weighted by molar-refractivity contribution is 5.69. The minimum absolute atomic E-state index is 0.112. The van der Waals surface area contributed by atoms with Crippen molar-refractivity contribution in [2.45, 2.75) is 58.0 Å². The molecule has 100 valence electrons. The van der Waals surface area contributed by atoms with E-state index in [9.17, 15) is 9.90 Å². The lowest BCUT2D eigenvalue weighted by Gasteiger charge is -2.23. The SMILES string of the molecule is CCCC(=O)O[C@H]1C(C(C)C)O[C@H](CO)[C@@H]1O. The lowest BCUT2D eigenvalue weighted by atomic mass is 9.99. The number of aliphatic hydroxyl groups excluding tert-OH is 2. The van der Waals surface area contributed by atoms with Gasteiger partial charge in [-0.3, -0.25) is 4.79 Å². The molecule has 0 amide bonds. The van der Waals surface area contributed by atoms with Crippen molar-refractivity contribution in [3.8, 4) is 0 Å². The zero-order chi connectivity index (χ0) is 13.0. The van der Waals surface area contributed by atoms with Crippen molar-refractivity contribution < 1.29 is 24.5 Å². The first-order valence-electron chi connectivity index (χ1n) is 6.15. The van der Waals surface area contributed by atoms with Gasteiger partial charge in [0.25, 0.3) is 0 Å². The molecule has 1 aliphatic heterocycles. The Morgan fingerprint density at radius 1 is 1.47 bits per heavy atom. The molecule has 5 nitrogen and oxygen atoms in total. The molecular weight excluding hydrogens is 224 g/mol. The zero-order valence-electron chi connectivity index (χ0n) is 10.6. The van der Waals surface area contributed by atoms with Gasteiger partial charge in [-0.1, -0.05) is 20.8 Å². The van der Waals surface area contributed by atoms with Crippen LogP contribution in [0.25, 0.3) is 0 Å². The summed E-state index contributed by atoms with van der Waals surface area (Å²) in [6.45, 7) is 5.47. The Morgan fingerprint density at radius 2 is 2.12 bits per heavy atom. The molecule has 1 saturated heterocycles. The molecule has 0 spiro atoms. The fourth-order valence-electron chi connectivity index (χ4n) is 2.00. The highest BCUT2D eigenvalue weighted by Gasteiger charge is 2.46. The molecular formula is C12H22O5. The van der Waals surface area contributed by atoms with Crippen LogP contribution in [0.1, 0.15) is 33.6 Å². The largest absolute Gasteiger partial charge is 0.457 e. The lowest BCUT2D eigenvalue weighted by molar-refractivity contribution is -0.156. The Labute approximate surface area is 102 Å². The average molecular weight is 246 g/mol. The molecule has 0 aliphatic carbocycles. The smallest absolute Gasteiger partial charge is 0.306 e. The van der Waals surface area contributed by atoms with Gasteiger partial charge in [0.15, 0.2) is 6.10 Å². The third-order valence-corrected chi connectivity index (χ3v) is 2.93. The van der Waals surface area contributed by atoms with Crippen LogP contribution >= 0.6 is 0 Å². The van der Waals surface area contributed by atoms with Crippen molar-refractivity contribution in [1.29, 1.82) is 0 Å². The van der Waals surface area contributed by atoms with Crippen molar-refractivity contribution in [1.82, 2.24) is 0 Å². The van der Waals surface area contributed by atoms with E-state index in [1.165, 1.54) is 0 Å². The Morgan fingerprint density at radius 3 is 2.59 bits per heavy atom. The first kappa shape index (κ1) is 14.4.